The molecule has 0 saturated heterocycles. The molecule has 0 radical (unpaired) electrons. The van der Waals surface area contributed by atoms with E-state index in [-0.39, 0.29) is 21.8 Å². The summed E-state index contributed by atoms with van der Waals surface area (Å²) in [5, 5.41) is 37.7. The third-order valence-corrected chi connectivity index (χ3v) is 4.39. The van der Waals surface area contributed by atoms with Crippen molar-refractivity contribution in [2.24, 2.45) is 0 Å². The van der Waals surface area contributed by atoms with Gasteiger partial charge in [-0.3, -0.25) is 9.59 Å². The summed E-state index contributed by atoms with van der Waals surface area (Å²) in [5.41, 5.74) is 0. The van der Waals surface area contributed by atoms with Gasteiger partial charge in [-0.2, -0.15) is 0 Å². The predicted molar refractivity (Wildman–Crippen MR) is 89.6 cm³/mol. The summed E-state index contributed by atoms with van der Waals surface area (Å²) >= 11 is 1.88. The summed E-state index contributed by atoms with van der Waals surface area (Å²) in [5.74, 6) is -3.39. The maximum absolute atomic E-state index is 11.0. The van der Waals surface area contributed by atoms with Crippen LogP contribution in [-0.2, 0) is 19.2 Å². The lowest BCUT2D eigenvalue weighted by Crippen LogP contribution is -2.41. The predicted octanol–water partition coefficient (Wildman–Crippen LogP) is -1.37. The number of aromatic nitrogens is 4. The zero-order valence-electron chi connectivity index (χ0n) is 13.7. The zero-order chi connectivity index (χ0) is 19.7. The zero-order valence-corrected chi connectivity index (χ0v) is 15.3. The molecule has 1 aromatic heterocycles. The molecule has 142 valence electrons. The SMILES string of the molecule is CC(=O)N[C@@H](CSc1nnc(SC[C@H](NC(C)=O)C(=O)O)nn1)C(=O)O. The molecule has 1 rings (SSSR count). The topological polar surface area (TPSA) is 184 Å². The maximum Gasteiger partial charge on any atom is 0.327 e. The van der Waals surface area contributed by atoms with Crippen LogP contribution >= 0.6 is 23.5 Å². The lowest BCUT2D eigenvalue weighted by atomic mass is 10.3. The number of thioether (sulfide) groups is 2. The number of rotatable bonds is 10. The van der Waals surface area contributed by atoms with E-state index in [0.717, 1.165) is 23.5 Å². The van der Waals surface area contributed by atoms with Crippen LogP contribution in [0.25, 0.3) is 0 Å². The Bertz CT molecular complexity index is 616. The number of nitrogens with one attached hydrogen (secondary N) is 2. The largest absolute Gasteiger partial charge is 0.480 e. The number of amides is 2. The van der Waals surface area contributed by atoms with Crippen molar-refractivity contribution in [2.45, 2.75) is 36.2 Å². The molecule has 4 N–H and O–H groups in total. The molecule has 1 aromatic rings. The highest BCUT2D eigenvalue weighted by molar-refractivity contribution is 7.99. The van der Waals surface area contributed by atoms with Crippen molar-refractivity contribution >= 4 is 47.3 Å². The quantitative estimate of drug-likeness (QED) is 0.336. The van der Waals surface area contributed by atoms with Crippen LogP contribution in [0.15, 0.2) is 10.3 Å². The molecular formula is C12H16N6O6S2. The Hall–Kier alpha value is -2.48. The monoisotopic (exact) mass is 404 g/mol. The second-order valence-electron chi connectivity index (χ2n) is 4.77. The van der Waals surface area contributed by atoms with Gasteiger partial charge in [-0.1, -0.05) is 23.5 Å². The Morgan fingerprint density at radius 2 is 1.12 bits per heavy atom. The molecule has 0 bridgehead atoms. The summed E-state index contributed by atoms with van der Waals surface area (Å²) in [6, 6.07) is -2.21. The smallest absolute Gasteiger partial charge is 0.327 e. The van der Waals surface area contributed by atoms with Crippen molar-refractivity contribution in [3.05, 3.63) is 0 Å². The number of carboxylic acid groups (broad SMARTS) is 2. The summed E-state index contributed by atoms with van der Waals surface area (Å²) in [4.78, 5) is 43.9. The molecule has 0 saturated carbocycles. The van der Waals surface area contributed by atoms with Crippen LogP contribution in [0.5, 0.6) is 0 Å². The van der Waals surface area contributed by atoms with Gasteiger partial charge in [0.25, 0.3) is 0 Å². The van der Waals surface area contributed by atoms with Crippen LogP contribution in [-0.4, -0.2) is 78.0 Å². The van der Waals surface area contributed by atoms with E-state index in [2.05, 4.69) is 31.0 Å². The molecule has 14 heteroatoms. The van der Waals surface area contributed by atoms with Gasteiger partial charge in [-0.25, -0.2) is 9.59 Å². The van der Waals surface area contributed by atoms with E-state index in [1.165, 1.54) is 13.8 Å². The van der Waals surface area contributed by atoms with Gasteiger partial charge >= 0.3 is 11.9 Å². The average molecular weight is 404 g/mol. The average Bonchev–Trinajstić information content (AvgIpc) is 2.55. The van der Waals surface area contributed by atoms with Crippen LogP contribution in [0, 0.1) is 0 Å². The van der Waals surface area contributed by atoms with Gasteiger partial charge in [-0.15, -0.1) is 20.4 Å². The first-order valence-corrected chi connectivity index (χ1v) is 8.99. The molecule has 0 aromatic carbocycles. The highest BCUT2D eigenvalue weighted by atomic mass is 32.2. The van der Waals surface area contributed by atoms with E-state index in [1.807, 2.05) is 0 Å². The van der Waals surface area contributed by atoms with Gasteiger partial charge in [-0.05, 0) is 0 Å². The Labute approximate surface area is 155 Å². The molecule has 0 aliphatic heterocycles. The highest BCUT2D eigenvalue weighted by Crippen LogP contribution is 2.16. The first-order chi connectivity index (χ1) is 12.2. The molecule has 0 unspecified atom stereocenters. The Morgan fingerprint density at radius 1 is 0.808 bits per heavy atom. The maximum atomic E-state index is 11.0. The van der Waals surface area contributed by atoms with Crippen LogP contribution in [0.3, 0.4) is 0 Å². The van der Waals surface area contributed by atoms with Crippen molar-refractivity contribution in [1.29, 1.82) is 0 Å². The van der Waals surface area contributed by atoms with Crippen molar-refractivity contribution in [2.75, 3.05) is 11.5 Å². The molecular weight excluding hydrogens is 388 g/mol. The molecule has 26 heavy (non-hydrogen) atoms. The number of hydrogen-bond donors (Lipinski definition) is 4. The third kappa shape index (κ3) is 8.06. The molecule has 1 heterocycles. The van der Waals surface area contributed by atoms with Gasteiger partial charge in [0.2, 0.25) is 22.1 Å². The lowest BCUT2D eigenvalue weighted by molar-refractivity contribution is -0.141. The fourth-order valence-corrected chi connectivity index (χ4v) is 2.96. The standard InChI is InChI=1S/C12H16N6O6S2/c1-5(19)13-7(9(21)22)3-25-11-15-17-12(18-16-11)26-4-8(10(23)24)14-6(2)20/h7-8H,3-4H2,1-2H3,(H,13,19)(H,14,20)(H,21,22)(H,23,24)/t7-,8-/m0/s1. The summed E-state index contributed by atoms with van der Waals surface area (Å²) < 4.78 is 0. The number of aliphatic carboxylic acids is 2. The molecule has 12 nitrogen and oxygen atoms in total. The highest BCUT2D eigenvalue weighted by Gasteiger charge is 2.21. The Balaban J connectivity index is 2.57. The molecule has 0 aliphatic rings. The molecule has 2 amide bonds. The minimum atomic E-state index is -1.20. The van der Waals surface area contributed by atoms with Crippen molar-refractivity contribution in [3.63, 3.8) is 0 Å². The fraction of sp³-hybridized carbons (Fsp3) is 0.500. The second-order valence-corrected chi connectivity index (χ2v) is 6.74. The fourth-order valence-electron chi connectivity index (χ4n) is 1.48. The van der Waals surface area contributed by atoms with Crippen molar-refractivity contribution < 1.29 is 29.4 Å². The lowest BCUT2D eigenvalue weighted by Gasteiger charge is -2.12. The summed E-state index contributed by atoms with van der Waals surface area (Å²) in [6.07, 6.45) is 0. The summed E-state index contributed by atoms with van der Waals surface area (Å²) in [7, 11) is 0. The first kappa shape index (κ1) is 21.6. The van der Waals surface area contributed by atoms with Gasteiger partial charge in [0.1, 0.15) is 12.1 Å². The third-order valence-electron chi connectivity index (χ3n) is 2.55. The van der Waals surface area contributed by atoms with E-state index in [4.69, 9.17) is 10.2 Å². The molecule has 0 spiro atoms. The van der Waals surface area contributed by atoms with Crippen molar-refractivity contribution in [3.8, 4) is 0 Å². The minimum absolute atomic E-state index is 0.0195. The molecule has 2 atom stereocenters. The van der Waals surface area contributed by atoms with E-state index < -0.39 is 35.8 Å². The van der Waals surface area contributed by atoms with Gasteiger partial charge in [0.15, 0.2) is 0 Å². The van der Waals surface area contributed by atoms with Crippen LogP contribution in [0.1, 0.15) is 13.8 Å². The van der Waals surface area contributed by atoms with Gasteiger partial charge in [0.05, 0.1) is 0 Å². The number of carboxylic acids is 2. The van der Waals surface area contributed by atoms with Crippen molar-refractivity contribution in [1.82, 2.24) is 31.0 Å². The number of carbonyl (C=O) groups is 4. The molecule has 0 aliphatic carbocycles. The van der Waals surface area contributed by atoms with E-state index >= 15 is 0 Å². The Morgan fingerprint density at radius 3 is 1.35 bits per heavy atom. The normalized spacial score (nSPS) is 12.7. The summed E-state index contributed by atoms with van der Waals surface area (Å²) in [6.45, 7) is 2.41. The second kappa shape index (κ2) is 10.5. The van der Waals surface area contributed by atoms with E-state index in [1.54, 1.807) is 0 Å². The van der Waals surface area contributed by atoms with E-state index in [9.17, 15) is 19.2 Å². The minimum Gasteiger partial charge on any atom is -0.480 e. The van der Waals surface area contributed by atoms with Crippen LogP contribution < -0.4 is 10.6 Å². The van der Waals surface area contributed by atoms with E-state index in [0.29, 0.717) is 0 Å². The Kier molecular flexibility index (Phi) is 8.71. The number of hydrogen-bond acceptors (Lipinski definition) is 10. The number of carbonyl (C=O) groups excluding carboxylic acids is 2. The molecule has 0 fully saturated rings. The van der Waals surface area contributed by atoms with Gasteiger partial charge in [0, 0.05) is 25.4 Å². The van der Waals surface area contributed by atoms with Gasteiger partial charge < -0.3 is 20.8 Å². The van der Waals surface area contributed by atoms with Crippen LogP contribution in [0.4, 0.5) is 0 Å². The van der Waals surface area contributed by atoms with Crippen LogP contribution in [0.2, 0.25) is 0 Å². The first-order valence-electron chi connectivity index (χ1n) is 7.01. The number of nitrogens with zero attached hydrogens (tertiary/aromatic N) is 4.